The van der Waals surface area contributed by atoms with E-state index < -0.39 is 11.8 Å². The number of unbranched alkanes of at least 4 members (excludes halogenated alkanes) is 1. The van der Waals surface area contributed by atoms with E-state index in [9.17, 15) is 9.59 Å². The van der Waals surface area contributed by atoms with Crippen LogP contribution in [0.5, 0.6) is 17.2 Å². The standard InChI is InChI=1S/C23H29N3O5/c1-4-7-14-31-19-11-9-18(10-12-19)25-22(27)23(28)26-24-16-17-8-13-20(29-5-2)21(15-17)30-6-3/h8-13,15-16H,4-7,14H2,1-3H3,(H,25,27)(H,26,28)/b24-16-. The summed E-state index contributed by atoms with van der Waals surface area (Å²) in [5.41, 5.74) is 3.38. The highest BCUT2D eigenvalue weighted by Gasteiger charge is 2.13. The zero-order valence-corrected chi connectivity index (χ0v) is 18.1. The fourth-order valence-corrected chi connectivity index (χ4v) is 2.52. The summed E-state index contributed by atoms with van der Waals surface area (Å²) >= 11 is 0. The highest BCUT2D eigenvalue weighted by molar-refractivity contribution is 6.39. The Labute approximate surface area is 182 Å². The Kier molecular flexibility index (Phi) is 9.87. The lowest BCUT2D eigenvalue weighted by atomic mass is 10.2. The van der Waals surface area contributed by atoms with Gasteiger partial charge in [0.15, 0.2) is 11.5 Å². The van der Waals surface area contributed by atoms with E-state index in [1.807, 2.05) is 13.8 Å². The van der Waals surface area contributed by atoms with Crippen LogP contribution in [0, 0.1) is 0 Å². The summed E-state index contributed by atoms with van der Waals surface area (Å²) in [7, 11) is 0. The molecule has 0 atom stereocenters. The maximum Gasteiger partial charge on any atom is 0.329 e. The van der Waals surface area contributed by atoms with E-state index in [-0.39, 0.29) is 0 Å². The van der Waals surface area contributed by atoms with Crippen LogP contribution < -0.4 is 25.0 Å². The first kappa shape index (κ1) is 23.7. The molecule has 8 nitrogen and oxygen atoms in total. The van der Waals surface area contributed by atoms with Gasteiger partial charge in [-0.1, -0.05) is 13.3 Å². The summed E-state index contributed by atoms with van der Waals surface area (Å²) in [6.45, 7) is 7.51. The van der Waals surface area contributed by atoms with Crippen molar-refractivity contribution in [1.82, 2.24) is 5.43 Å². The van der Waals surface area contributed by atoms with E-state index in [1.54, 1.807) is 42.5 Å². The lowest BCUT2D eigenvalue weighted by molar-refractivity contribution is -0.136. The first-order valence-electron chi connectivity index (χ1n) is 10.3. The maximum atomic E-state index is 12.0. The van der Waals surface area contributed by atoms with Crippen LogP contribution in [0.3, 0.4) is 0 Å². The average molecular weight is 428 g/mol. The zero-order chi connectivity index (χ0) is 22.5. The molecule has 166 valence electrons. The van der Waals surface area contributed by atoms with Gasteiger partial charge in [-0.05, 0) is 68.3 Å². The molecule has 0 saturated heterocycles. The summed E-state index contributed by atoms with van der Waals surface area (Å²) < 4.78 is 16.6. The molecule has 0 unspecified atom stereocenters. The number of hydrazone groups is 1. The van der Waals surface area contributed by atoms with Gasteiger partial charge in [0.2, 0.25) is 0 Å². The molecule has 0 heterocycles. The summed E-state index contributed by atoms with van der Waals surface area (Å²) in [5.74, 6) is 0.224. The second-order valence-electron chi connectivity index (χ2n) is 6.45. The number of rotatable bonds is 11. The van der Waals surface area contributed by atoms with Crippen molar-refractivity contribution in [2.75, 3.05) is 25.1 Å². The molecule has 0 aliphatic heterocycles. The van der Waals surface area contributed by atoms with Gasteiger partial charge in [-0.2, -0.15) is 5.10 Å². The van der Waals surface area contributed by atoms with Crippen molar-refractivity contribution < 1.29 is 23.8 Å². The van der Waals surface area contributed by atoms with Crippen molar-refractivity contribution in [1.29, 1.82) is 0 Å². The monoisotopic (exact) mass is 427 g/mol. The predicted octanol–water partition coefficient (Wildman–Crippen LogP) is 3.75. The third-order valence-corrected chi connectivity index (χ3v) is 4.03. The first-order chi connectivity index (χ1) is 15.1. The fourth-order valence-electron chi connectivity index (χ4n) is 2.52. The van der Waals surface area contributed by atoms with Gasteiger partial charge in [-0.3, -0.25) is 9.59 Å². The van der Waals surface area contributed by atoms with E-state index >= 15 is 0 Å². The van der Waals surface area contributed by atoms with Gasteiger partial charge >= 0.3 is 11.8 Å². The number of ether oxygens (including phenoxy) is 3. The molecule has 0 aliphatic carbocycles. The van der Waals surface area contributed by atoms with Crippen LogP contribution in [0.25, 0.3) is 0 Å². The number of nitrogens with zero attached hydrogens (tertiary/aromatic N) is 1. The summed E-state index contributed by atoms with van der Waals surface area (Å²) in [5, 5.41) is 6.35. The van der Waals surface area contributed by atoms with E-state index in [4.69, 9.17) is 14.2 Å². The minimum Gasteiger partial charge on any atom is -0.494 e. The average Bonchev–Trinajstić information content (AvgIpc) is 2.77. The second kappa shape index (κ2) is 12.9. The van der Waals surface area contributed by atoms with Crippen LogP contribution in [0.2, 0.25) is 0 Å². The molecular weight excluding hydrogens is 398 g/mol. The van der Waals surface area contributed by atoms with Crippen LogP contribution in [0.15, 0.2) is 47.6 Å². The molecule has 0 bridgehead atoms. The normalized spacial score (nSPS) is 10.5. The molecule has 0 radical (unpaired) electrons. The molecule has 0 aliphatic rings. The lowest BCUT2D eigenvalue weighted by Crippen LogP contribution is -2.32. The molecule has 0 aromatic heterocycles. The molecule has 2 amide bonds. The Morgan fingerprint density at radius 3 is 2.29 bits per heavy atom. The van der Waals surface area contributed by atoms with Gasteiger partial charge in [0, 0.05) is 5.69 Å². The Balaban J connectivity index is 1.88. The number of nitrogens with one attached hydrogen (secondary N) is 2. The largest absolute Gasteiger partial charge is 0.494 e. The molecular formula is C23H29N3O5. The van der Waals surface area contributed by atoms with E-state index in [0.717, 1.165) is 12.8 Å². The van der Waals surface area contributed by atoms with E-state index in [1.165, 1.54) is 6.21 Å². The lowest BCUT2D eigenvalue weighted by Gasteiger charge is -2.11. The van der Waals surface area contributed by atoms with E-state index in [0.29, 0.717) is 48.3 Å². The first-order valence-corrected chi connectivity index (χ1v) is 10.3. The van der Waals surface area contributed by atoms with Gasteiger partial charge in [0.25, 0.3) is 0 Å². The van der Waals surface area contributed by atoms with E-state index in [2.05, 4.69) is 22.8 Å². The fraction of sp³-hybridized carbons (Fsp3) is 0.348. The maximum absolute atomic E-state index is 12.0. The Bertz CT molecular complexity index is 881. The Hall–Kier alpha value is -3.55. The van der Waals surface area contributed by atoms with Crippen molar-refractivity contribution in [2.45, 2.75) is 33.6 Å². The predicted molar refractivity (Wildman–Crippen MR) is 120 cm³/mol. The van der Waals surface area contributed by atoms with Gasteiger partial charge in [0.05, 0.1) is 26.0 Å². The van der Waals surface area contributed by atoms with Crippen molar-refractivity contribution in [3.63, 3.8) is 0 Å². The van der Waals surface area contributed by atoms with Crippen molar-refractivity contribution in [2.24, 2.45) is 5.10 Å². The van der Waals surface area contributed by atoms with Crippen LogP contribution in [0.4, 0.5) is 5.69 Å². The second-order valence-corrected chi connectivity index (χ2v) is 6.45. The number of hydrogen-bond acceptors (Lipinski definition) is 6. The number of hydrogen-bond donors (Lipinski definition) is 2. The topological polar surface area (TPSA) is 98.2 Å². The molecule has 2 rings (SSSR count). The molecule has 0 saturated carbocycles. The number of benzene rings is 2. The molecule has 31 heavy (non-hydrogen) atoms. The smallest absolute Gasteiger partial charge is 0.329 e. The SMILES string of the molecule is CCCCOc1ccc(NC(=O)C(=O)N/N=C\c2ccc(OCC)c(OCC)c2)cc1. The van der Waals surface area contributed by atoms with Crippen LogP contribution >= 0.6 is 0 Å². The van der Waals surface area contributed by atoms with Crippen LogP contribution in [0.1, 0.15) is 39.2 Å². The van der Waals surface area contributed by atoms with Crippen molar-refractivity contribution >= 4 is 23.7 Å². The highest BCUT2D eigenvalue weighted by Crippen LogP contribution is 2.28. The van der Waals surface area contributed by atoms with Gasteiger partial charge in [0.1, 0.15) is 5.75 Å². The summed E-state index contributed by atoms with van der Waals surface area (Å²) in [6.07, 6.45) is 3.45. The number of carbonyl (C=O) groups excluding carboxylic acids is 2. The number of carbonyl (C=O) groups is 2. The molecule has 0 fully saturated rings. The molecule has 2 aromatic carbocycles. The Morgan fingerprint density at radius 1 is 0.903 bits per heavy atom. The van der Waals surface area contributed by atoms with Crippen molar-refractivity contribution in [3.05, 3.63) is 48.0 Å². The molecule has 2 aromatic rings. The third-order valence-electron chi connectivity index (χ3n) is 4.03. The van der Waals surface area contributed by atoms with Gasteiger partial charge in [-0.15, -0.1) is 0 Å². The highest BCUT2D eigenvalue weighted by atomic mass is 16.5. The number of anilines is 1. The molecule has 8 heteroatoms. The van der Waals surface area contributed by atoms with Crippen LogP contribution in [-0.2, 0) is 9.59 Å². The summed E-state index contributed by atoms with van der Waals surface area (Å²) in [4.78, 5) is 24.0. The summed E-state index contributed by atoms with van der Waals surface area (Å²) in [6, 6.07) is 12.1. The van der Waals surface area contributed by atoms with Gasteiger partial charge in [-0.25, -0.2) is 5.43 Å². The van der Waals surface area contributed by atoms with Crippen molar-refractivity contribution in [3.8, 4) is 17.2 Å². The van der Waals surface area contributed by atoms with Crippen LogP contribution in [-0.4, -0.2) is 37.8 Å². The third kappa shape index (κ3) is 8.00. The molecule has 2 N–H and O–H groups in total. The molecule has 0 spiro atoms. The minimum atomic E-state index is -0.879. The van der Waals surface area contributed by atoms with Gasteiger partial charge < -0.3 is 19.5 Å². The zero-order valence-electron chi connectivity index (χ0n) is 18.1. The quantitative estimate of drug-likeness (QED) is 0.246. The number of amides is 2. The Morgan fingerprint density at radius 2 is 1.61 bits per heavy atom. The minimum absolute atomic E-state index is 0.486.